The predicted molar refractivity (Wildman–Crippen MR) is 126 cm³/mol. The number of carbonyl (C=O) groups excluding carboxylic acids is 3. The van der Waals surface area contributed by atoms with Gasteiger partial charge in [0.05, 0.1) is 34.4 Å². The van der Waals surface area contributed by atoms with E-state index in [1.165, 1.54) is 12.1 Å². The van der Waals surface area contributed by atoms with Crippen molar-refractivity contribution < 1.29 is 18.8 Å². The van der Waals surface area contributed by atoms with Crippen molar-refractivity contribution in [2.24, 2.45) is 0 Å². The van der Waals surface area contributed by atoms with Gasteiger partial charge in [0.2, 0.25) is 0 Å². The molecule has 0 spiro atoms. The van der Waals surface area contributed by atoms with Gasteiger partial charge in [-0.15, -0.1) is 0 Å². The van der Waals surface area contributed by atoms with Crippen molar-refractivity contribution in [2.45, 2.75) is 24.5 Å². The topological polar surface area (TPSA) is 96.8 Å². The van der Waals surface area contributed by atoms with Gasteiger partial charge in [-0.25, -0.2) is 18.9 Å². The van der Waals surface area contributed by atoms with Crippen molar-refractivity contribution in [2.75, 3.05) is 16.8 Å². The lowest BCUT2D eigenvalue weighted by molar-refractivity contribution is -0.120. The van der Waals surface area contributed by atoms with Crippen LogP contribution in [0, 0.1) is 17.1 Å². The quantitative estimate of drug-likeness (QED) is 0.542. The first-order valence-corrected chi connectivity index (χ1v) is 11.4. The number of carbonyl (C=O) groups is 3. The molecule has 5 amide bonds. The van der Waals surface area contributed by atoms with E-state index >= 15 is 0 Å². The number of urea groups is 2. The van der Waals surface area contributed by atoms with Gasteiger partial charge in [-0.2, -0.15) is 5.26 Å². The number of rotatable bonds is 2. The molecule has 3 aliphatic rings. The molecular weight excluding hydrogens is 473 g/mol. The van der Waals surface area contributed by atoms with Gasteiger partial charge in [-0.3, -0.25) is 4.79 Å². The first-order chi connectivity index (χ1) is 16.9. The number of fused-ring (bicyclic) bond motifs is 6. The number of nitriles is 1. The molecule has 0 saturated carbocycles. The fraction of sp³-hybridized carbons (Fsp3) is 0.200. The molecule has 3 atom stereocenters. The summed E-state index contributed by atoms with van der Waals surface area (Å²) in [6.45, 7) is 0.281. The van der Waals surface area contributed by atoms with Gasteiger partial charge in [-0.1, -0.05) is 35.9 Å². The number of nitrogens with one attached hydrogen (secondary N) is 1. The van der Waals surface area contributed by atoms with E-state index in [2.05, 4.69) is 11.4 Å². The van der Waals surface area contributed by atoms with Crippen LogP contribution in [0.5, 0.6) is 0 Å². The Morgan fingerprint density at radius 2 is 1.89 bits per heavy atom. The van der Waals surface area contributed by atoms with E-state index in [0.717, 1.165) is 11.0 Å². The number of likely N-dealkylation sites (tertiary alicyclic amines) is 1. The molecule has 0 radical (unpaired) electrons. The van der Waals surface area contributed by atoms with Crippen molar-refractivity contribution >= 4 is 51.7 Å². The Kier molecular flexibility index (Phi) is 4.69. The lowest BCUT2D eigenvalue weighted by Gasteiger charge is -2.34. The molecule has 2 bridgehead atoms. The second-order valence-electron chi connectivity index (χ2n) is 8.77. The molecule has 3 aromatic rings. The predicted octanol–water partition coefficient (Wildman–Crippen LogP) is 4.33. The zero-order chi connectivity index (χ0) is 24.4. The summed E-state index contributed by atoms with van der Waals surface area (Å²) in [6, 6.07) is 13.9. The molecule has 3 saturated heterocycles. The largest absolute Gasteiger partial charge is 0.332 e. The fourth-order valence-corrected chi connectivity index (χ4v) is 5.64. The normalized spacial score (nSPS) is 22.7. The standard InChI is InChI=1S/C25H17ClFN5O3/c26-18-9-14(6-7-19(18)27)29-24(34)30-12-15-10-21(30)22-23(33)32(25(35)31(15)22)20-8-5-13(11-28)16-3-1-2-4-17(16)20/h1-9,15,21-22H,10,12H2,(H,29,34)/t15-,21-,22?/m0/s1. The lowest BCUT2D eigenvalue weighted by Crippen LogP contribution is -2.55. The van der Waals surface area contributed by atoms with Gasteiger partial charge < -0.3 is 15.1 Å². The molecular formula is C25H17ClFN5O3. The van der Waals surface area contributed by atoms with E-state index in [0.29, 0.717) is 34.1 Å². The van der Waals surface area contributed by atoms with Crippen molar-refractivity contribution in [3.8, 4) is 6.07 Å². The summed E-state index contributed by atoms with van der Waals surface area (Å²) in [4.78, 5) is 44.3. The number of benzene rings is 3. The zero-order valence-corrected chi connectivity index (χ0v) is 18.9. The minimum atomic E-state index is -0.793. The number of piperazine rings is 1. The number of imide groups is 1. The van der Waals surface area contributed by atoms with Gasteiger partial charge >= 0.3 is 12.1 Å². The van der Waals surface area contributed by atoms with Crippen LogP contribution in [0.3, 0.4) is 0 Å². The smallest absolute Gasteiger partial charge is 0.317 e. The van der Waals surface area contributed by atoms with Crippen LogP contribution < -0.4 is 10.2 Å². The van der Waals surface area contributed by atoms with Crippen LogP contribution in [0.2, 0.25) is 5.02 Å². The molecule has 6 rings (SSSR count). The summed E-state index contributed by atoms with van der Waals surface area (Å²) in [7, 11) is 0. The summed E-state index contributed by atoms with van der Waals surface area (Å²) >= 11 is 5.81. The van der Waals surface area contributed by atoms with Crippen LogP contribution in [0.15, 0.2) is 54.6 Å². The Bertz CT molecular complexity index is 1490. The highest BCUT2D eigenvalue weighted by Gasteiger charge is 2.63. The van der Waals surface area contributed by atoms with Crippen LogP contribution in [0.1, 0.15) is 12.0 Å². The summed E-state index contributed by atoms with van der Waals surface area (Å²) in [5.41, 5.74) is 1.20. The van der Waals surface area contributed by atoms with Crippen LogP contribution in [-0.2, 0) is 4.79 Å². The maximum absolute atomic E-state index is 13.6. The molecule has 3 aromatic carbocycles. The maximum Gasteiger partial charge on any atom is 0.332 e. The molecule has 3 heterocycles. The third-order valence-electron chi connectivity index (χ3n) is 6.96. The summed E-state index contributed by atoms with van der Waals surface area (Å²) in [5, 5.41) is 13.3. The van der Waals surface area contributed by atoms with Crippen molar-refractivity contribution in [3.63, 3.8) is 0 Å². The van der Waals surface area contributed by atoms with E-state index in [-0.39, 0.29) is 17.6 Å². The summed E-state index contributed by atoms with van der Waals surface area (Å²) in [6.07, 6.45) is 0.502. The highest BCUT2D eigenvalue weighted by Crippen LogP contribution is 2.44. The van der Waals surface area contributed by atoms with E-state index in [1.807, 2.05) is 0 Å². The Morgan fingerprint density at radius 3 is 2.63 bits per heavy atom. The summed E-state index contributed by atoms with van der Waals surface area (Å²) in [5.74, 6) is -0.995. The van der Waals surface area contributed by atoms with Crippen molar-refractivity contribution in [1.82, 2.24) is 9.80 Å². The van der Waals surface area contributed by atoms with E-state index < -0.39 is 35.9 Å². The minimum Gasteiger partial charge on any atom is -0.317 e. The molecule has 3 aliphatic heterocycles. The third kappa shape index (κ3) is 3.07. The Labute approximate surface area is 204 Å². The zero-order valence-electron chi connectivity index (χ0n) is 18.1. The number of halogens is 2. The molecule has 1 N–H and O–H groups in total. The van der Waals surface area contributed by atoms with Gasteiger partial charge in [0.25, 0.3) is 5.91 Å². The Morgan fingerprint density at radius 1 is 1.11 bits per heavy atom. The highest BCUT2D eigenvalue weighted by molar-refractivity contribution is 6.31. The average molecular weight is 490 g/mol. The second kappa shape index (κ2) is 7.68. The van der Waals surface area contributed by atoms with Crippen molar-refractivity contribution in [3.05, 3.63) is 71.0 Å². The molecule has 8 nitrogen and oxygen atoms in total. The molecule has 3 fully saturated rings. The molecule has 0 aromatic heterocycles. The highest BCUT2D eigenvalue weighted by atomic mass is 35.5. The molecule has 0 aliphatic carbocycles. The van der Waals surface area contributed by atoms with Crippen LogP contribution in [0.4, 0.5) is 25.4 Å². The minimum absolute atomic E-state index is 0.112. The number of nitrogens with zero attached hydrogens (tertiary/aromatic N) is 4. The summed E-state index contributed by atoms with van der Waals surface area (Å²) < 4.78 is 13.5. The van der Waals surface area contributed by atoms with Crippen LogP contribution in [0.25, 0.3) is 10.8 Å². The number of anilines is 2. The van der Waals surface area contributed by atoms with E-state index in [4.69, 9.17) is 11.6 Å². The van der Waals surface area contributed by atoms with E-state index in [1.54, 1.807) is 46.2 Å². The SMILES string of the molecule is N#Cc1ccc(N2C(=O)C3[C@@H]4C[C@@H](CN4C(=O)Nc4ccc(F)c(Cl)c4)N3C2=O)c2ccccc12. The average Bonchev–Trinajstić information content (AvgIpc) is 3.52. The molecule has 35 heavy (non-hydrogen) atoms. The lowest BCUT2D eigenvalue weighted by atomic mass is 10.0. The van der Waals surface area contributed by atoms with Gasteiger partial charge in [0.1, 0.15) is 11.9 Å². The van der Waals surface area contributed by atoms with Gasteiger partial charge in [-0.05, 0) is 36.8 Å². The first kappa shape index (κ1) is 21.4. The van der Waals surface area contributed by atoms with Gasteiger partial charge in [0.15, 0.2) is 0 Å². The third-order valence-corrected chi connectivity index (χ3v) is 7.25. The van der Waals surface area contributed by atoms with E-state index in [9.17, 15) is 24.0 Å². The monoisotopic (exact) mass is 489 g/mol. The van der Waals surface area contributed by atoms with Crippen LogP contribution >= 0.6 is 11.6 Å². The van der Waals surface area contributed by atoms with Crippen molar-refractivity contribution in [1.29, 1.82) is 5.26 Å². The number of hydrogen-bond donors (Lipinski definition) is 1. The first-order valence-electron chi connectivity index (χ1n) is 11.0. The Balaban J connectivity index is 1.30. The number of amides is 5. The Hall–Kier alpha value is -4.16. The molecule has 174 valence electrons. The number of hydrogen-bond acceptors (Lipinski definition) is 4. The molecule has 10 heteroatoms. The van der Waals surface area contributed by atoms with Gasteiger partial charge in [0, 0.05) is 23.0 Å². The maximum atomic E-state index is 13.6. The molecule has 1 unspecified atom stereocenters. The second-order valence-corrected chi connectivity index (χ2v) is 9.17. The van der Waals surface area contributed by atoms with Crippen LogP contribution in [-0.4, -0.2) is 52.4 Å². The fourth-order valence-electron chi connectivity index (χ4n) is 5.46.